The van der Waals surface area contributed by atoms with E-state index in [1.165, 1.54) is 0 Å². The van der Waals surface area contributed by atoms with Crippen LogP contribution >= 0.6 is 0 Å². The van der Waals surface area contributed by atoms with E-state index in [0.717, 1.165) is 30.1 Å². The Balaban J connectivity index is 1.74. The molecule has 0 bridgehead atoms. The van der Waals surface area contributed by atoms with Crippen molar-refractivity contribution in [1.82, 2.24) is 4.90 Å². The van der Waals surface area contributed by atoms with E-state index in [-0.39, 0.29) is 11.5 Å². The molecule has 2 aliphatic heterocycles. The van der Waals surface area contributed by atoms with Crippen LogP contribution in [-0.4, -0.2) is 51.1 Å². The fourth-order valence-corrected chi connectivity index (χ4v) is 3.78. The number of para-hydroxylation sites is 1. The van der Waals surface area contributed by atoms with Crippen LogP contribution in [0.4, 0.5) is 5.69 Å². The molecule has 0 atom stereocenters. The van der Waals surface area contributed by atoms with E-state index in [9.17, 15) is 8.42 Å². The summed E-state index contributed by atoms with van der Waals surface area (Å²) in [5.74, 6) is 1.45. The minimum atomic E-state index is -2.81. The number of benzene rings is 1. The Bertz CT molecular complexity index is 557. The second kappa shape index (κ2) is 5.02. The normalized spacial score (nSPS) is 22.1. The molecule has 1 fully saturated rings. The van der Waals surface area contributed by atoms with E-state index in [1.54, 1.807) is 0 Å². The summed E-state index contributed by atoms with van der Waals surface area (Å²) >= 11 is 0. The molecule has 0 amide bonds. The average Bonchev–Trinajstić information content (AvgIpc) is 2.42. The Morgan fingerprint density at radius 2 is 2.05 bits per heavy atom. The van der Waals surface area contributed by atoms with Gasteiger partial charge in [-0.3, -0.25) is 4.90 Å². The molecule has 0 saturated carbocycles. The average molecular weight is 282 g/mol. The van der Waals surface area contributed by atoms with Crippen LogP contribution in [0, 0.1) is 0 Å². The van der Waals surface area contributed by atoms with Crippen LogP contribution < -0.4 is 10.1 Å². The number of ether oxygens (including phenoxy) is 1. The zero-order valence-corrected chi connectivity index (χ0v) is 11.6. The van der Waals surface area contributed by atoms with Crippen LogP contribution in [-0.2, 0) is 16.4 Å². The topological polar surface area (TPSA) is 58.6 Å². The van der Waals surface area contributed by atoms with Crippen molar-refractivity contribution in [1.29, 1.82) is 0 Å². The van der Waals surface area contributed by atoms with E-state index in [1.807, 2.05) is 12.1 Å². The van der Waals surface area contributed by atoms with Crippen molar-refractivity contribution in [3.63, 3.8) is 0 Å². The molecular weight excluding hydrogens is 264 g/mol. The van der Waals surface area contributed by atoms with Gasteiger partial charge in [-0.1, -0.05) is 12.1 Å². The number of rotatable bonds is 2. The first kappa shape index (κ1) is 12.7. The minimum Gasteiger partial charge on any atom is -0.489 e. The third-order valence-corrected chi connectivity index (χ3v) is 5.20. The summed E-state index contributed by atoms with van der Waals surface area (Å²) in [5, 5.41) is 3.31. The lowest BCUT2D eigenvalue weighted by Crippen LogP contribution is -2.39. The van der Waals surface area contributed by atoms with Crippen molar-refractivity contribution in [3.05, 3.63) is 23.8 Å². The fraction of sp³-hybridized carbons (Fsp3) is 0.538. The fourth-order valence-electron chi connectivity index (χ4n) is 2.51. The molecule has 3 rings (SSSR count). The Hall–Kier alpha value is -1.27. The number of sulfone groups is 1. The van der Waals surface area contributed by atoms with Gasteiger partial charge in [0.1, 0.15) is 12.4 Å². The lowest BCUT2D eigenvalue weighted by atomic mass is 10.1. The summed E-state index contributed by atoms with van der Waals surface area (Å²) in [7, 11) is -2.81. The van der Waals surface area contributed by atoms with Gasteiger partial charge in [0.15, 0.2) is 9.84 Å². The molecule has 1 aromatic carbocycles. The van der Waals surface area contributed by atoms with Gasteiger partial charge in [-0.25, -0.2) is 8.42 Å². The van der Waals surface area contributed by atoms with Crippen LogP contribution in [0.5, 0.6) is 5.75 Å². The van der Waals surface area contributed by atoms with Crippen molar-refractivity contribution in [2.24, 2.45) is 0 Å². The SMILES string of the molecule is O=S1(=O)CCN(Cc2cccc3c2OCCN3)CC1. The van der Waals surface area contributed by atoms with E-state index in [4.69, 9.17) is 4.74 Å². The number of nitrogens with zero attached hydrogens (tertiary/aromatic N) is 1. The first-order valence-corrected chi connectivity index (χ1v) is 8.37. The van der Waals surface area contributed by atoms with Gasteiger partial charge in [0.2, 0.25) is 0 Å². The van der Waals surface area contributed by atoms with Gasteiger partial charge in [-0.15, -0.1) is 0 Å². The van der Waals surface area contributed by atoms with Crippen LogP contribution in [0.25, 0.3) is 0 Å². The number of nitrogens with one attached hydrogen (secondary N) is 1. The Labute approximate surface area is 113 Å². The summed E-state index contributed by atoms with van der Waals surface area (Å²) in [4.78, 5) is 2.18. The van der Waals surface area contributed by atoms with Crippen molar-refractivity contribution < 1.29 is 13.2 Å². The zero-order valence-electron chi connectivity index (χ0n) is 10.8. The van der Waals surface area contributed by atoms with Gasteiger partial charge < -0.3 is 10.1 Å². The largest absolute Gasteiger partial charge is 0.489 e. The smallest absolute Gasteiger partial charge is 0.152 e. The molecule has 0 unspecified atom stereocenters. The highest BCUT2D eigenvalue weighted by molar-refractivity contribution is 7.91. The van der Waals surface area contributed by atoms with Gasteiger partial charge in [-0.05, 0) is 6.07 Å². The minimum absolute atomic E-state index is 0.265. The van der Waals surface area contributed by atoms with Crippen LogP contribution in [0.2, 0.25) is 0 Å². The van der Waals surface area contributed by atoms with Crippen molar-refractivity contribution >= 4 is 15.5 Å². The molecule has 5 nitrogen and oxygen atoms in total. The first-order valence-electron chi connectivity index (χ1n) is 6.55. The van der Waals surface area contributed by atoms with E-state index in [2.05, 4.69) is 16.3 Å². The quantitative estimate of drug-likeness (QED) is 0.866. The zero-order chi connectivity index (χ0) is 13.3. The Kier molecular flexibility index (Phi) is 3.36. The predicted octanol–water partition coefficient (Wildman–Crippen LogP) is 0.721. The molecule has 104 valence electrons. The van der Waals surface area contributed by atoms with Gasteiger partial charge in [0.05, 0.1) is 17.2 Å². The third-order valence-electron chi connectivity index (χ3n) is 3.59. The standard InChI is InChI=1S/C13H18N2O3S/c16-19(17)8-5-15(6-9-19)10-11-2-1-3-12-13(11)18-7-4-14-12/h1-3,14H,4-10H2. The summed E-state index contributed by atoms with van der Waals surface area (Å²) in [5.41, 5.74) is 2.16. The molecule has 1 saturated heterocycles. The molecule has 19 heavy (non-hydrogen) atoms. The lowest BCUT2D eigenvalue weighted by Gasteiger charge is -2.28. The highest BCUT2D eigenvalue weighted by Gasteiger charge is 2.23. The first-order chi connectivity index (χ1) is 9.14. The van der Waals surface area contributed by atoms with Gasteiger partial charge in [0.25, 0.3) is 0 Å². The molecule has 6 heteroatoms. The molecular formula is C13H18N2O3S. The third kappa shape index (κ3) is 2.84. The molecule has 0 aromatic heterocycles. The van der Waals surface area contributed by atoms with E-state index >= 15 is 0 Å². The van der Waals surface area contributed by atoms with Gasteiger partial charge in [0, 0.05) is 31.7 Å². The molecule has 2 aliphatic rings. The maximum atomic E-state index is 11.4. The number of fused-ring (bicyclic) bond motifs is 1. The molecule has 0 aliphatic carbocycles. The number of anilines is 1. The van der Waals surface area contributed by atoms with Crippen molar-refractivity contribution in [2.45, 2.75) is 6.54 Å². The number of hydrogen-bond donors (Lipinski definition) is 1. The molecule has 1 N–H and O–H groups in total. The van der Waals surface area contributed by atoms with E-state index < -0.39 is 9.84 Å². The Morgan fingerprint density at radius 1 is 1.26 bits per heavy atom. The van der Waals surface area contributed by atoms with Crippen LogP contribution in [0.1, 0.15) is 5.56 Å². The Morgan fingerprint density at radius 3 is 2.84 bits per heavy atom. The molecule has 0 spiro atoms. The number of hydrogen-bond acceptors (Lipinski definition) is 5. The highest BCUT2D eigenvalue weighted by atomic mass is 32.2. The lowest BCUT2D eigenvalue weighted by molar-refractivity contribution is 0.273. The molecule has 0 radical (unpaired) electrons. The predicted molar refractivity (Wildman–Crippen MR) is 74.4 cm³/mol. The van der Waals surface area contributed by atoms with Crippen molar-refractivity contribution in [2.75, 3.05) is 43.1 Å². The van der Waals surface area contributed by atoms with Crippen LogP contribution in [0.3, 0.4) is 0 Å². The monoisotopic (exact) mass is 282 g/mol. The second-order valence-corrected chi connectivity index (χ2v) is 7.30. The highest BCUT2D eigenvalue weighted by Crippen LogP contribution is 2.32. The maximum absolute atomic E-state index is 11.4. The summed E-state index contributed by atoms with van der Waals surface area (Å²) in [6.45, 7) is 3.48. The maximum Gasteiger partial charge on any atom is 0.152 e. The van der Waals surface area contributed by atoms with Crippen molar-refractivity contribution in [3.8, 4) is 5.75 Å². The summed E-state index contributed by atoms with van der Waals surface area (Å²) in [6, 6.07) is 6.07. The molecule has 1 aromatic rings. The van der Waals surface area contributed by atoms with Gasteiger partial charge in [-0.2, -0.15) is 0 Å². The summed E-state index contributed by atoms with van der Waals surface area (Å²) < 4.78 is 28.6. The van der Waals surface area contributed by atoms with Gasteiger partial charge >= 0.3 is 0 Å². The molecule has 2 heterocycles. The second-order valence-electron chi connectivity index (χ2n) is 5.00. The van der Waals surface area contributed by atoms with E-state index in [0.29, 0.717) is 19.7 Å². The summed E-state index contributed by atoms with van der Waals surface area (Å²) in [6.07, 6.45) is 0. The van der Waals surface area contributed by atoms with Crippen LogP contribution in [0.15, 0.2) is 18.2 Å².